The lowest BCUT2D eigenvalue weighted by Gasteiger charge is -1.99. The second-order valence-corrected chi connectivity index (χ2v) is 6.63. The Morgan fingerprint density at radius 2 is 1.88 bits per heavy atom. The fraction of sp³-hybridized carbons (Fsp3) is 0.0526. The van der Waals surface area contributed by atoms with E-state index in [0.717, 1.165) is 32.8 Å². The van der Waals surface area contributed by atoms with E-state index in [4.69, 9.17) is 5.73 Å². The van der Waals surface area contributed by atoms with E-state index in [0.29, 0.717) is 4.88 Å². The summed E-state index contributed by atoms with van der Waals surface area (Å²) in [5.41, 5.74) is 10.5. The first kappa shape index (κ1) is 14.7. The summed E-state index contributed by atoms with van der Waals surface area (Å²) in [6.45, 7) is 1.98. The molecule has 0 aliphatic heterocycles. The third kappa shape index (κ3) is 2.30. The molecule has 0 saturated carbocycles. The van der Waals surface area contributed by atoms with Crippen LogP contribution in [0.15, 0.2) is 60.8 Å². The molecule has 1 amide bonds. The van der Waals surface area contributed by atoms with Gasteiger partial charge in [0.1, 0.15) is 4.88 Å². The molecule has 0 saturated heterocycles. The lowest BCUT2D eigenvalue weighted by molar-refractivity contribution is 0.100. The number of primary amides is 1. The number of aryl methyl sites for hydroxylation is 1. The van der Waals surface area contributed by atoms with Gasteiger partial charge in [0.15, 0.2) is 0 Å². The first-order chi connectivity index (χ1) is 11.6. The fourth-order valence-corrected chi connectivity index (χ4v) is 4.09. The van der Waals surface area contributed by atoms with E-state index >= 15 is 0 Å². The molecule has 0 unspecified atom stereocenters. The number of carbonyl (C=O) groups excluding carboxylic acids is 1. The number of pyridine rings is 1. The second-order valence-electron chi connectivity index (χ2n) is 5.57. The van der Waals surface area contributed by atoms with Crippen molar-refractivity contribution in [2.75, 3.05) is 0 Å². The van der Waals surface area contributed by atoms with E-state index in [2.05, 4.69) is 5.10 Å². The van der Waals surface area contributed by atoms with Gasteiger partial charge >= 0.3 is 0 Å². The molecule has 3 heterocycles. The van der Waals surface area contributed by atoms with Crippen molar-refractivity contribution in [2.24, 2.45) is 5.73 Å². The summed E-state index contributed by atoms with van der Waals surface area (Å²) in [6.07, 6.45) is 1.92. The van der Waals surface area contributed by atoms with E-state index in [1.54, 1.807) is 0 Å². The Bertz CT molecular complexity index is 1050. The van der Waals surface area contributed by atoms with E-state index < -0.39 is 5.91 Å². The number of carbonyl (C=O) groups is 1. The Morgan fingerprint density at radius 3 is 2.62 bits per heavy atom. The van der Waals surface area contributed by atoms with Crippen LogP contribution in [0.3, 0.4) is 0 Å². The van der Waals surface area contributed by atoms with Gasteiger partial charge in [-0.15, -0.1) is 11.3 Å². The number of hydrogen-bond donors (Lipinski definition) is 1. The van der Waals surface area contributed by atoms with Crippen LogP contribution in [0.1, 0.15) is 15.4 Å². The molecule has 4 nitrogen and oxygen atoms in total. The molecular weight excluding hydrogens is 318 g/mol. The van der Waals surface area contributed by atoms with Crippen molar-refractivity contribution in [3.63, 3.8) is 0 Å². The van der Waals surface area contributed by atoms with Gasteiger partial charge in [0.25, 0.3) is 5.91 Å². The lowest BCUT2D eigenvalue weighted by atomic mass is 10.0. The molecule has 2 N–H and O–H groups in total. The van der Waals surface area contributed by atoms with E-state index in [1.807, 2.05) is 72.2 Å². The maximum absolute atomic E-state index is 11.9. The number of nitrogens with zero attached hydrogens (tertiary/aromatic N) is 2. The van der Waals surface area contributed by atoms with Crippen molar-refractivity contribution in [3.05, 3.63) is 71.4 Å². The van der Waals surface area contributed by atoms with Crippen LogP contribution in [0.4, 0.5) is 0 Å². The smallest absolute Gasteiger partial charge is 0.259 e. The Morgan fingerprint density at radius 1 is 1.12 bits per heavy atom. The fourth-order valence-electron chi connectivity index (χ4n) is 2.95. The summed E-state index contributed by atoms with van der Waals surface area (Å²) in [6, 6.07) is 17.8. The van der Waals surface area contributed by atoms with Gasteiger partial charge < -0.3 is 5.73 Å². The van der Waals surface area contributed by atoms with Gasteiger partial charge in [0, 0.05) is 22.2 Å². The summed E-state index contributed by atoms with van der Waals surface area (Å²) in [4.78, 5) is 13.5. The van der Waals surface area contributed by atoms with Gasteiger partial charge in [0.05, 0.1) is 11.2 Å². The summed E-state index contributed by atoms with van der Waals surface area (Å²) in [5, 5.41) is 4.55. The molecule has 3 aromatic heterocycles. The molecule has 0 aliphatic rings. The highest BCUT2D eigenvalue weighted by Gasteiger charge is 2.20. The van der Waals surface area contributed by atoms with Crippen molar-refractivity contribution < 1.29 is 4.79 Å². The van der Waals surface area contributed by atoms with Gasteiger partial charge in [-0.2, -0.15) is 5.10 Å². The topological polar surface area (TPSA) is 60.4 Å². The minimum Gasteiger partial charge on any atom is -0.365 e. The highest BCUT2D eigenvalue weighted by atomic mass is 32.1. The molecule has 0 aliphatic carbocycles. The minimum atomic E-state index is -0.403. The molecule has 0 radical (unpaired) electrons. The van der Waals surface area contributed by atoms with Crippen LogP contribution < -0.4 is 5.73 Å². The minimum absolute atomic E-state index is 0.403. The predicted molar refractivity (Wildman–Crippen MR) is 97.2 cm³/mol. The monoisotopic (exact) mass is 333 g/mol. The van der Waals surface area contributed by atoms with Crippen LogP contribution >= 0.6 is 11.3 Å². The molecule has 4 rings (SSSR count). The Labute approximate surface area is 143 Å². The standard InChI is InChI=1S/C19H15N3OS/c1-12-17(15-9-5-6-10-22(15)21-12)16-11-14(18(24-16)19(20)23)13-7-3-2-4-8-13/h2-11H,1H3,(H2,20,23). The summed E-state index contributed by atoms with van der Waals surface area (Å²) < 4.78 is 1.86. The Balaban J connectivity index is 1.97. The van der Waals surface area contributed by atoms with Gasteiger partial charge in [-0.05, 0) is 30.7 Å². The second kappa shape index (κ2) is 5.62. The molecule has 0 fully saturated rings. The molecule has 1 aromatic carbocycles. The number of hydrogen-bond acceptors (Lipinski definition) is 3. The predicted octanol–water partition coefficient (Wildman–Crippen LogP) is 4.14. The van der Waals surface area contributed by atoms with Crippen molar-refractivity contribution >= 4 is 22.8 Å². The third-order valence-corrected chi connectivity index (χ3v) is 5.17. The molecule has 0 spiro atoms. The van der Waals surface area contributed by atoms with E-state index in [1.165, 1.54) is 11.3 Å². The summed E-state index contributed by atoms with van der Waals surface area (Å²) in [5.74, 6) is -0.403. The SMILES string of the molecule is Cc1nn2ccccc2c1-c1cc(-c2ccccc2)c(C(N)=O)s1. The maximum atomic E-state index is 11.9. The molecular formula is C19H15N3OS. The zero-order chi connectivity index (χ0) is 16.7. The lowest BCUT2D eigenvalue weighted by Crippen LogP contribution is -2.09. The van der Waals surface area contributed by atoms with Crippen LogP contribution in [-0.4, -0.2) is 15.5 Å². The van der Waals surface area contributed by atoms with Crippen LogP contribution in [0.2, 0.25) is 0 Å². The number of amides is 1. The number of thiophene rings is 1. The van der Waals surface area contributed by atoms with Gasteiger partial charge in [0.2, 0.25) is 0 Å². The number of rotatable bonds is 3. The highest BCUT2D eigenvalue weighted by molar-refractivity contribution is 7.18. The average Bonchev–Trinajstić information content (AvgIpc) is 3.16. The zero-order valence-corrected chi connectivity index (χ0v) is 13.9. The van der Waals surface area contributed by atoms with Crippen LogP contribution in [0.5, 0.6) is 0 Å². The van der Waals surface area contributed by atoms with E-state index in [9.17, 15) is 4.79 Å². The quantitative estimate of drug-likeness (QED) is 0.612. The number of aromatic nitrogens is 2. The van der Waals surface area contributed by atoms with Crippen LogP contribution in [-0.2, 0) is 0 Å². The number of nitrogens with two attached hydrogens (primary N) is 1. The van der Waals surface area contributed by atoms with Crippen LogP contribution in [0, 0.1) is 6.92 Å². The number of benzene rings is 1. The first-order valence-corrected chi connectivity index (χ1v) is 8.40. The number of fused-ring (bicyclic) bond motifs is 1. The van der Waals surface area contributed by atoms with E-state index in [-0.39, 0.29) is 0 Å². The van der Waals surface area contributed by atoms with Gasteiger partial charge in [-0.1, -0.05) is 36.4 Å². The maximum Gasteiger partial charge on any atom is 0.259 e. The first-order valence-electron chi connectivity index (χ1n) is 7.58. The molecule has 0 bridgehead atoms. The molecule has 5 heteroatoms. The Hall–Kier alpha value is -2.92. The van der Waals surface area contributed by atoms with Crippen molar-refractivity contribution in [1.82, 2.24) is 9.61 Å². The van der Waals surface area contributed by atoms with Gasteiger partial charge in [-0.3, -0.25) is 4.79 Å². The van der Waals surface area contributed by atoms with Gasteiger partial charge in [-0.25, -0.2) is 4.52 Å². The molecule has 4 aromatic rings. The highest BCUT2D eigenvalue weighted by Crippen LogP contribution is 2.39. The van der Waals surface area contributed by atoms with Crippen molar-refractivity contribution in [3.8, 4) is 21.6 Å². The van der Waals surface area contributed by atoms with Crippen LogP contribution in [0.25, 0.3) is 27.1 Å². The Kier molecular flexibility index (Phi) is 3.43. The third-order valence-electron chi connectivity index (χ3n) is 4.00. The zero-order valence-electron chi connectivity index (χ0n) is 13.1. The summed E-state index contributed by atoms with van der Waals surface area (Å²) in [7, 11) is 0. The largest absolute Gasteiger partial charge is 0.365 e. The molecule has 118 valence electrons. The van der Waals surface area contributed by atoms with Crippen molar-refractivity contribution in [1.29, 1.82) is 0 Å². The average molecular weight is 333 g/mol. The summed E-state index contributed by atoms with van der Waals surface area (Å²) >= 11 is 1.42. The van der Waals surface area contributed by atoms with Crippen molar-refractivity contribution in [2.45, 2.75) is 6.92 Å². The molecule has 0 atom stereocenters. The molecule has 24 heavy (non-hydrogen) atoms. The normalized spacial score (nSPS) is 11.0.